The Kier molecular flexibility index (Phi) is 7.35. The molecule has 0 saturated carbocycles. The molecule has 0 aromatic heterocycles. The molecule has 2 aliphatic rings. The zero-order valence-corrected chi connectivity index (χ0v) is 16.2. The number of guanidine groups is 1. The normalized spacial score (nSPS) is 20.2. The Bertz CT molecular complexity index is 447. The molecule has 2 N–H and O–H groups in total. The van der Waals surface area contributed by atoms with Gasteiger partial charge < -0.3 is 25.2 Å². The van der Waals surface area contributed by atoms with Gasteiger partial charge in [0, 0.05) is 32.7 Å². The highest BCUT2D eigenvalue weighted by Crippen LogP contribution is 2.12. The topological polar surface area (TPSA) is 74.4 Å². The van der Waals surface area contributed by atoms with Crippen LogP contribution in [0.1, 0.15) is 46.5 Å². The second-order valence-electron chi connectivity index (χ2n) is 7.95. The number of carbonyl (C=O) groups excluding carboxylic acids is 1. The van der Waals surface area contributed by atoms with E-state index in [1.807, 2.05) is 20.8 Å². The smallest absolute Gasteiger partial charge is 0.410 e. The number of amides is 1. The number of nitrogens with two attached hydrogens (primary N) is 1. The Balaban J connectivity index is 1.62. The highest BCUT2D eigenvalue weighted by Gasteiger charge is 2.26. The molecule has 144 valence electrons. The lowest BCUT2D eigenvalue weighted by atomic mass is 10.2. The minimum atomic E-state index is -0.455. The highest BCUT2D eigenvalue weighted by atomic mass is 16.6. The van der Waals surface area contributed by atoms with Crippen molar-refractivity contribution >= 4 is 12.1 Å². The van der Waals surface area contributed by atoms with E-state index in [1.54, 1.807) is 4.90 Å². The molecule has 1 amide bonds. The molecule has 2 heterocycles. The third-order valence-corrected chi connectivity index (χ3v) is 4.61. The lowest BCUT2D eigenvalue weighted by Crippen LogP contribution is -2.53. The van der Waals surface area contributed by atoms with Gasteiger partial charge in [0.05, 0.1) is 0 Å². The van der Waals surface area contributed by atoms with Crippen LogP contribution in [0.4, 0.5) is 4.79 Å². The number of ether oxygens (including phenoxy) is 1. The summed E-state index contributed by atoms with van der Waals surface area (Å²) in [5.41, 5.74) is 5.65. The van der Waals surface area contributed by atoms with Crippen molar-refractivity contribution in [2.45, 2.75) is 52.1 Å². The van der Waals surface area contributed by atoms with Crippen LogP contribution in [0.15, 0.2) is 4.99 Å². The minimum absolute atomic E-state index is 0.246. The molecule has 0 radical (unpaired) electrons. The van der Waals surface area contributed by atoms with Crippen LogP contribution in [0.3, 0.4) is 0 Å². The second-order valence-corrected chi connectivity index (χ2v) is 7.95. The van der Waals surface area contributed by atoms with Crippen molar-refractivity contribution in [3.05, 3.63) is 0 Å². The van der Waals surface area contributed by atoms with Gasteiger partial charge in [0.25, 0.3) is 0 Å². The molecule has 0 aromatic rings. The molecular formula is C18H35N5O2. The van der Waals surface area contributed by atoms with Gasteiger partial charge >= 0.3 is 6.09 Å². The van der Waals surface area contributed by atoms with E-state index in [4.69, 9.17) is 10.5 Å². The molecule has 25 heavy (non-hydrogen) atoms. The Hall–Kier alpha value is -1.50. The zero-order valence-electron chi connectivity index (χ0n) is 16.2. The van der Waals surface area contributed by atoms with Crippen molar-refractivity contribution < 1.29 is 9.53 Å². The fourth-order valence-electron chi connectivity index (χ4n) is 3.19. The van der Waals surface area contributed by atoms with E-state index in [2.05, 4.69) is 14.8 Å². The van der Waals surface area contributed by atoms with E-state index in [1.165, 1.54) is 38.9 Å². The molecule has 0 aromatic carbocycles. The van der Waals surface area contributed by atoms with E-state index in [0.29, 0.717) is 32.1 Å². The van der Waals surface area contributed by atoms with Crippen LogP contribution >= 0.6 is 0 Å². The van der Waals surface area contributed by atoms with Crippen LogP contribution in [-0.2, 0) is 4.74 Å². The summed E-state index contributed by atoms with van der Waals surface area (Å²) < 4.78 is 5.41. The molecule has 0 spiro atoms. The first-order valence-corrected chi connectivity index (χ1v) is 9.60. The number of piperazine rings is 1. The van der Waals surface area contributed by atoms with Gasteiger partial charge in [0.15, 0.2) is 5.96 Å². The standard InChI is InChI=1S/C18H35N5O2/c1-18(2,3)25-17(24)23-14-12-22(13-15-23)16(19)20-8-4-5-9-21-10-6-7-11-21/h4-15H2,1-3H3,(H2,19,20). The van der Waals surface area contributed by atoms with E-state index in [0.717, 1.165) is 13.0 Å². The maximum Gasteiger partial charge on any atom is 0.410 e. The Morgan fingerprint density at radius 1 is 1.00 bits per heavy atom. The molecule has 2 aliphatic heterocycles. The summed E-state index contributed by atoms with van der Waals surface area (Å²) in [6.07, 6.45) is 4.71. The molecule has 7 nitrogen and oxygen atoms in total. The number of likely N-dealkylation sites (tertiary alicyclic amines) is 1. The predicted octanol–water partition coefficient (Wildman–Crippen LogP) is 1.73. The number of hydrogen-bond donors (Lipinski definition) is 1. The Labute approximate surface area is 152 Å². The lowest BCUT2D eigenvalue weighted by Gasteiger charge is -2.36. The first kappa shape index (κ1) is 19.8. The summed E-state index contributed by atoms with van der Waals surface area (Å²) in [6, 6.07) is 0. The van der Waals surface area contributed by atoms with Crippen LogP contribution in [0, 0.1) is 0 Å². The number of unbranched alkanes of at least 4 members (excludes halogenated alkanes) is 1. The van der Waals surface area contributed by atoms with Crippen LogP contribution in [-0.4, -0.2) is 84.7 Å². The van der Waals surface area contributed by atoms with Crippen molar-refractivity contribution in [3.8, 4) is 0 Å². The molecule has 2 rings (SSSR count). The minimum Gasteiger partial charge on any atom is -0.444 e. The van der Waals surface area contributed by atoms with Crippen molar-refractivity contribution in [1.82, 2.24) is 14.7 Å². The van der Waals surface area contributed by atoms with Gasteiger partial charge in [-0.15, -0.1) is 0 Å². The van der Waals surface area contributed by atoms with Gasteiger partial charge in [-0.2, -0.15) is 0 Å². The molecule has 0 aliphatic carbocycles. The van der Waals surface area contributed by atoms with Crippen molar-refractivity contribution in [3.63, 3.8) is 0 Å². The predicted molar refractivity (Wildman–Crippen MR) is 101 cm³/mol. The summed E-state index contributed by atoms with van der Waals surface area (Å²) in [7, 11) is 0. The zero-order chi connectivity index (χ0) is 18.3. The van der Waals surface area contributed by atoms with Crippen LogP contribution in [0.2, 0.25) is 0 Å². The quantitative estimate of drug-likeness (QED) is 0.463. The summed E-state index contributed by atoms with van der Waals surface area (Å²) in [5, 5.41) is 0. The number of hydrogen-bond acceptors (Lipinski definition) is 4. The van der Waals surface area contributed by atoms with Gasteiger partial charge in [0.1, 0.15) is 5.60 Å². The molecule has 2 saturated heterocycles. The average Bonchev–Trinajstić information content (AvgIpc) is 3.06. The molecule has 7 heteroatoms. The Morgan fingerprint density at radius 3 is 2.20 bits per heavy atom. The molecular weight excluding hydrogens is 318 g/mol. The molecule has 0 unspecified atom stereocenters. The summed E-state index contributed by atoms with van der Waals surface area (Å²) >= 11 is 0. The van der Waals surface area contributed by atoms with Crippen molar-refractivity contribution in [2.24, 2.45) is 10.7 Å². The number of carbonyl (C=O) groups is 1. The fourth-order valence-corrected chi connectivity index (χ4v) is 3.19. The number of rotatable bonds is 5. The van der Waals surface area contributed by atoms with Crippen molar-refractivity contribution in [2.75, 3.05) is 52.4 Å². The fraction of sp³-hybridized carbons (Fsp3) is 0.889. The maximum atomic E-state index is 12.1. The SMILES string of the molecule is CC(C)(C)OC(=O)N1CCN(C(N)=NCCCCN2CCCC2)CC1. The Morgan fingerprint density at radius 2 is 1.60 bits per heavy atom. The van der Waals surface area contributed by atoms with Gasteiger partial charge in [-0.05, 0) is 66.1 Å². The van der Waals surface area contributed by atoms with E-state index >= 15 is 0 Å². The van der Waals surface area contributed by atoms with E-state index in [9.17, 15) is 4.79 Å². The highest BCUT2D eigenvalue weighted by molar-refractivity contribution is 5.78. The summed E-state index contributed by atoms with van der Waals surface area (Å²) in [6.45, 7) is 12.8. The second kappa shape index (κ2) is 9.27. The van der Waals surface area contributed by atoms with Gasteiger partial charge in [-0.25, -0.2) is 4.79 Å². The van der Waals surface area contributed by atoms with Crippen molar-refractivity contribution in [1.29, 1.82) is 0 Å². The lowest BCUT2D eigenvalue weighted by molar-refractivity contribution is 0.0186. The average molecular weight is 354 g/mol. The molecule has 0 bridgehead atoms. The van der Waals surface area contributed by atoms with E-state index in [-0.39, 0.29) is 6.09 Å². The van der Waals surface area contributed by atoms with Gasteiger partial charge in [-0.1, -0.05) is 0 Å². The molecule has 0 atom stereocenters. The third kappa shape index (κ3) is 7.10. The van der Waals surface area contributed by atoms with E-state index < -0.39 is 5.60 Å². The van der Waals surface area contributed by atoms with Gasteiger partial charge in [0.2, 0.25) is 0 Å². The van der Waals surface area contributed by atoms with Crippen LogP contribution in [0.5, 0.6) is 0 Å². The maximum absolute atomic E-state index is 12.1. The first-order chi connectivity index (χ1) is 11.8. The summed E-state index contributed by atoms with van der Waals surface area (Å²) in [5.74, 6) is 0.602. The third-order valence-electron chi connectivity index (χ3n) is 4.61. The van der Waals surface area contributed by atoms with Gasteiger partial charge in [-0.3, -0.25) is 4.99 Å². The first-order valence-electron chi connectivity index (χ1n) is 9.60. The number of aliphatic imine (C=N–C) groups is 1. The summed E-state index contributed by atoms with van der Waals surface area (Å²) in [4.78, 5) is 22.9. The number of nitrogens with zero attached hydrogens (tertiary/aromatic N) is 4. The van der Waals surface area contributed by atoms with Crippen LogP contribution in [0.25, 0.3) is 0 Å². The monoisotopic (exact) mass is 353 g/mol. The molecule has 2 fully saturated rings. The van der Waals surface area contributed by atoms with Crippen LogP contribution < -0.4 is 5.73 Å². The largest absolute Gasteiger partial charge is 0.444 e.